The van der Waals surface area contributed by atoms with E-state index in [4.69, 9.17) is 0 Å². The summed E-state index contributed by atoms with van der Waals surface area (Å²) in [6.45, 7) is 0. The zero-order chi connectivity index (χ0) is 22.9. The normalized spacial score (nSPS) is 15.7. The van der Waals surface area contributed by atoms with Crippen LogP contribution in [0.25, 0.3) is 5.69 Å². The molecule has 0 radical (unpaired) electrons. The van der Waals surface area contributed by atoms with Crippen LogP contribution in [0.2, 0.25) is 0 Å². The molecule has 1 heterocycles. The molecule has 2 aromatic carbocycles. The Morgan fingerprint density at radius 1 is 1.06 bits per heavy atom. The molecule has 6 nitrogen and oxygen atoms in total. The van der Waals surface area contributed by atoms with Gasteiger partial charge in [0.25, 0.3) is 5.91 Å². The van der Waals surface area contributed by atoms with Gasteiger partial charge in [-0.05, 0) is 49.8 Å². The van der Waals surface area contributed by atoms with Crippen LogP contribution in [0.5, 0.6) is 0 Å². The van der Waals surface area contributed by atoms with Crippen molar-refractivity contribution < 1.29 is 18.4 Å². The quantitative estimate of drug-likeness (QED) is 0.580. The van der Waals surface area contributed by atoms with E-state index in [0.29, 0.717) is 24.9 Å². The Morgan fingerprint density at radius 3 is 2.58 bits per heavy atom. The monoisotopic (exact) mass is 450 g/mol. The molecular weight excluding hydrogens is 426 g/mol. The smallest absolute Gasteiger partial charge is 0.272 e. The molecule has 1 fully saturated rings. The Kier molecular flexibility index (Phi) is 5.66. The van der Waals surface area contributed by atoms with Crippen LogP contribution in [0.15, 0.2) is 48.5 Å². The van der Waals surface area contributed by atoms with E-state index in [1.54, 1.807) is 0 Å². The van der Waals surface area contributed by atoms with E-state index in [1.165, 1.54) is 10.7 Å². The number of nitrogens with zero attached hydrogens (tertiary/aromatic N) is 2. The summed E-state index contributed by atoms with van der Waals surface area (Å²) in [5, 5.41) is 10.3. The Morgan fingerprint density at radius 2 is 1.85 bits per heavy atom. The van der Waals surface area contributed by atoms with Crippen LogP contribution in [-0.2, 0) is 24.1 Å². The van der Waals surface area contributed by atoms with Crippen molar-refractivity contribution in [3.63, 3.8) is 0 Å². The molecule has 0 bridgehead atoms. The Hall–Kier alpha value is -3.55. The molecule has 1 unspecified atom stereocenters. The Bertz CT molecular complexity index is 1200. The topological polar surface area (TPSA) is 76.0 Å². The average Bonchev–Trinajstić information content (AvgIpc) is 3.36. The van der Waals surface area contributed by atoms with Gasteiger partial charge in [0, 0.05) is 29.8 Å². The molecule has 1 aromatic heterocycles. The van der Waals surface area contributed by atoms with E-state index in [9.17, 15) is 18.4 Å². The van der Waals surface area contributed by atoms with Crippen molar-refractivity contribution in [3.8, 4) is 5.69 Å². The van der Waals surface area contributed by atoms with Gasteiger partial charge in [-0.25, -0.2) is 13.5 Å². The molecule has 0 spiro atoms. The van der Waals surface area contributed by atoms with Gasteiger partial charge in [-0.3, -0.25) is 9.59 Å². The fourth-order valence-corrected chi connectivity index (χ4v) is 4.27. The second-order valence-corrected chi connectivity index (χ2v) is 8.64. The predicted molar refractivity (Wildman–Crippen MR) is 118 cm³/mol. The van der Waals surface area contributed by atoms with E-state index in [1.807, 2.05) is 30.3 Å². The standard InChI is InChI=1S/C25H24F2N4O2/c26-19-12-11-17(14-20(19)27)31-22-8-4-7-18(22)23(30-31)25(33)29-21(24(32)28-16-9-10-16)13-15-5-2-1-3-6-15/h1-3,5-6,11-12,14,16,21H,4,7-10,13H2,(H,28,32)(H,29,33). The average molecular weight is 450 g/mol. The molecular formula is C25H24F2N4O2. The summed E-state index contributed by atoms with van der Waals surface area (Å²) < 4.78 is 28.7. The molecule has 8 heteroatoms. The van der Waals surface area contributed by atoms with Crippen LogP contribution in [0.4, 0.5) is 8.78 Å². The zero-order valence-electron chi connectivity index (χ0n) is 18.0. The molecule has 2 aliphatic rings. The molecule has 2 amide bonds. The summed E-state index contributed by atoms with van der Waals surface area (Å²) >= 11 is 0. The molecule has 3 aromatic rings. The molecule has 0 saturated heterocycles. The van der Waals surface area contributed by atoms with Crippen LogP contribution in [0.3, 0.4) is 0 Å². The van der Waals surface area contributed by atoms with E-state index in [2.05, 4.69) is 15.7 Å². The maximum absolute atomic E-state index is 13.8. The summed E-state index contributed by atoms with van der Waals surface area (Å²) in [6, 6.07) is 12.5. The van der Waals surface area contributed by atoms with Crippen molar-refractivity contribution >= 4 is 11.8 Å². The lowest BCUT2D eigenvalue weighted by Crippen LogP contribution is -2.48. The zero-order valence-corrected chi connectivity index (χ0v) is 18.0. The van der Waals surface area contributed by atoms with Crippen molar-refractivity contribution in [2.75, 3.05) is 0 Å². The van der Waals surface area contributed by atoms with Gasteiger partial charge in [-0.15, -0.1) is 0 Å². The minimum absolute atomic E-state index is 0.171. The van der Waals surface area contributed by atoms with Crippen LogP contribution >= 0.6 is 0 Å². The van der Waals surface area contributed by atoms with Crippen LogP contribution in [-0.4, -0.2) is 33.7 Å². The molecule has 2 aliphatic carbocycles. The van der Waals surface area contributed by atoms with Gasteiger partial charge in [0.05, 0.1) is 5.69 Å². The largest absolute Gasteiger partial charge is 0.352 e. The summed E-state index contributed by atoms with van der Waals surface area (Å²) in [5.41, 5.74) is 3.13. The molecule has 33 heavy (non-hydrogen) atoms. The van der Waals surface area contributed by atoms with Crippen molar-refractivity contribution in [2.24, 2.45) is 0 Å². The van der Waals surface area contributed by atoms with Crippen LogP contribution < -0.4 is 10.6 Å². The van der Waals surface area contributed by atoms with Gasteiger partial charge < -0.3 is 10.6 Å². The van der Waals surface area contributed by atoms with Gasteiger partial charge in [-0.1, -0.05) is 30.3 Å². The minimum atomic E-state index is -0.972. The highest BCUT2D eigenvalue weighted by Crippen LogP contribution is 2.28. The second-order valence-electron chi connectivity index (χ2n) is 8.64. The van der Waals surface area contributed by atoms with Crippen LogP contribution in [0.1, 0.15) is 46.6 Å². The van der Waals surface area contributed by atoms with Gasteiger partial charge in [0.1, 0.15) is 6.04 Å². The van der Waals surface area contributed by atoms with Gasteiger partial charge in [0.15, 0.2) is 17.3 Å². The van der Waals surface area contributed by atoms with Crippen molar-refractivity contribution in [1.29, 1.82) is 0 Å². The number of nitrogens with one attached hydrogen (secondary N) is 2. The molecule has 1 saturated carbocycles. The first kappa shape index (κ1) is 21.3. The maximum atomic E-state index is 13.8. The highest BCUT2D eigenvalue weighted by molar-refractivity contribution is 5.97. The fraction of sp³-hybridized carbons (Fsp3) is 0.320. The summed E-state index contributed by atoms with van der Waals surface area (Å²) in [6.07, 6.45) is 4.45. The number of fused-ring (bicyclic) bond motifs is 1. The number of rotatable bonds is 7. The minimum Gasteiger partial charge on any atom is -0.352 e. The summed E-state index contributed by atoms with van der Waals surface area (Å²) in [5.74, 6) is -2.57. The highest BCUT2D eigenvalue weighted by atomic mass is 19.2. The lowest BCUT2D eigenvalue weighted by Gasteiger charge is -2.18. The number of carbonyl (C=O) groups is 2. The van der Waals surface area contributed by atoms with Gasteiger partial charge in [-0.2, -0.15) is 5.10 Å². The Balaban J connectivity index is 1.42. The first-order valence-corrected chi connectivity index (χ1v) is 11.2. The SMILES string of the molecule is O=C(NC(Cc1ccccc1)C(=O)NC1CC1)c1nn(-c2ccc(F)c(F)c2)c2c1CCC2. The summed E-state index contributed by atoms with van der Waals surface area (Å²) in [4.78, 5) is 26.1. The maximum Gasteiger partial charge on any atom is 0.272 e. The second kappa shape index (κ2) is 8.77. The van der Waals surface area contributed by atoms with Crippen molar-refractivity contribution in [1.82, 2.24) is 20.4 Å². The number of hydrogen-bond acceptors (Lipinski definition) is 3. The third kappa shape index (κ3) is 4.51. The van der Waals surface area contributed by atoms with Crippen molar-refractivity contribution in [3.05, 3.63) is 82.7 Å². The molecule has 1 atom stereocenters. The van der Waals surface area contributed by atoms with E-state index in [0.717, 1.165) is 48.2 Å². The van der Waals surface area contributed by atoms with Gasteiger partial charge in [0.2, 0.25) is 5.91 Å². The van der Waals surface area contributed by atoms with E-state index in [-0.39, 0.29) is 17.6 Å². The van der Waals surface area contributed by atoms with Crippen LogP contribution in [0, 0.1) is 11.6 Å². The number of aromatic nitrogens is 2. The third-order valence-electron chi connectivity index (χ3n) is 6.12. The molecule has 2 N–H and O–H groups in total. The lowest BCUT2D eigenvalue weighted by molar-refractivity contribution is -0.123. The summed E-state index contributed by atoms with van der Waals surface area (Å²) in [7, 11) is 0. The first-order chi connectivity index (χ1) is 16.0. The highest BCUT2D eigenvalue weighted by Gasteiger charge is 2.32. The number of carbonyl (C=O) groups excluding carboxylic acids is 2. The number of hydrogen-bond donors (Lipinski definition) is 2. The molecule has 0 aliphatic heterocycles. The number of amides is 2. The number of benzene rings is 2. The predicted octanol–water partition coefficient (Wildman–Crippen LogP) is 3.26. The fourth-order valence-electron chi connectivity index (χ4n) is 4.27. The lowest BCUT2D eigenvalue weighted by atomic mass is 10.0. The van der Waals surface area contributed by atoms with Gasteiger partial charge >= 0.3 is 0 Å². The van der Waals surface area contributed by atoms with E-state index < -0.39 is 23.6 Å². The molecule has 170 valence electrons. The number of halogens is 2. The molecule has 5 rings (SSSR count). The van der Waals surface area contributed by atoms with E-state index >= 15 is 0 Å². The Labute approximate surface area is 190 Å². The third-order valence-corrected chi connectivity index (χ3v) is 6.12. The van der Waals surface area contributed by atoms with Crippen molar-refractivity contribution in [2.45, 2.75) is 50.6 Å². The first-order valence-electron chi connectivity index (χ1n) is 11.2.